The van der Waals surface area contributed by atoms with Gasteiger partial charge in [-0.25, -0.2) is 15.0 Å². The van der Waals surface area contributed by atoms with E-state index >= 15 is 0 Å². The average Bonchev–Trinajstić information content (AvgIpc) is 4.02. The number of benzene rings is 1. The Morgan fingerprint density at radius 2 is 1.04 bits per heavy atom. The second-order valence-corrected chi connectivity index (χ2v) is 13.1. The summed E-state index contributed by atoms with van der Waals surface area (Å²) in [5.74, 6) is -0.156. The SMILES string of the molecule is O=C1C=C/C(=C/c2ccc(/C=C3/C=CC(/C=C4\C=CC(/C=c5/cc/c(=C\C6=NC(=C/c7ccc(-c8ccc(C(=O)c9ccccc9)[nH]8)[nH]7)/C=C6)[nH]5)=N4)=N3)[nH]2)N1. The fourth-order valence-corrected chi connectivity index (χ4v) is 6.38. The molecule has 1 amide bonds. The Morgan fingerprint density at radius 3 is 1.69 bits per heavy atom. The monoisotopic (exact) mass is 716 g/mol. The molecular formula is C45H32N8O2. The second-order valence-electron chi connectivity index (χ2n) is 13.1. The molecule has 10 nitrogen and oxygen atoms in total. The maximum atomic E-state index is 12.8. The number of carbonyl (C=O) groups is 2. The van der Waals surface area contributed by atoms with Crippen molar-refractivity contribution in [1.29, 1.82) is 0 Å². The molecular weight excluding hydrogens is 685 g/mol. The standard InChI is InChI=1S/C45H32N8O2/c54-44-21-17-40(52-44)27-38-15-13-36(50-38)25-34-11-9-32(48-34)23-30-7-6-29(46-30)22-31-8-10-33(47-31)24-35-12-14-37(49-35)26-39-16-18-41(51-39)42-19-20-43(53-42)45(55)28-4-2-1-3-5-28/h1-27,47,50-51,53H,(H,52,54)/b30-23+,31-22-,33-24+,34-25-,37-26+,40-27-. The van der Waals surface area contributed by atoms with Gasteiger partial charge in [0, 0.05) is 45.1 Å². The van der Waals surface area contributed by atoms with Gasteiger partial charge in [-0.2, -0.15) is 0 Å². The van der Waals surface area contributed by atoms with Gasteiger partial charge in [-0.3, -0.25) is 9.59 Å². The number of aromatic amines is 4. The number of rotatable bonds is 9. The molecule has 5 N–H and O–H groups in total. The zero-order valence-corrected chi connectivity index (χ0v) is 29.2. The first-order valence-corrected chi connectivity index (χ1v) is 17.7. The van der Waals surface area contributed by atoms with Gasteiger partial charge in [0.2, 0.25) is 11.7 Å². The summed E-state index contributed by atoms with van der Waals surface area (Å²) in [5.41, 5.74) is 11.4. The smallest absolute Gasteiger partial charge is 0.248 e. The lowest BCUT2D eigenvalue weighted by Gasteiger charge is -1.98. The molecule has 264 valence electrons. The largest absolute Gasteiger partial charge is 0.355 e. The van der Waals surface area contributed by atoms with Crippen LogP contribution in [0.2, 0.25) is 0 Å². The van der Waals surface area contributed by atoms with Crippen molar-refractivity contribution < 1.29 is 9.59 Å². The van der Waals surface area contributed by atoms with E-state index in [1.807, 2.05) is 152 Å². The third kappa shape index (κ3) is 7.69. The van der Waals surface area contributed by atoms with Gasteiger partial charge in [-0.05, 0) is 128 Å². The number of nitrogens with one attached hydrogen (secondary N) is 5. The quantitative estimate of drug-likeness (QED) is 0.111. The molecule has 55 heavy (non-hydrogen) atoms. The van der Waals surface area contributed by atoms with Crippen molar-refractivity contribution in [2.75, 3.05) is 0 Å². The van der Waals surface area contributed by atoms with Crippen LogP contribution in [0.3, 0.4) is 0 Å². The highest BCUT2D eigenvalue weighted by molar-refractivity contribution is 6.20. The number of carbonyl (C=O) groups excluding carboxylic acids is 2. The third-order valence-corrected chi connectivity index (χ3v) is 8.98. The molecule has 4 aliphatic rings. The van der Waals surface area contributed by atoms with E-state index in [0.717, 1.165) is 79.1 Å². The number of aromatic nitrogens is 4. The van der Waals surface area contributed by atoms with Crippen molar-refractivity contribution in [2.24, 2.45) is 15.0 Å². The molecule has 4 aromatic heterocycles. The minimum absolute atomic E-state index is 0.0421. The van der Waals surface area contributed by atoms with Gasteiger partial charge < -0.3 is 25.3 Å². The van der Waals surface area contributed by atoms with Gasteiger partial charge in [-0.1, -0.05) is 30.3 Å². The van der Waals surface area contributed by atoms with Crippen LogP contribution in [0.1, 0.15) is 33.1 Å². The molecule has 0 fully saturated rings. The van der Waals surface area contributed by atoms with E-state index in [9.17, 15) is 9.59 Å². The summed E-state index contributed by atoms with van der Waals surface area (Å²) in [4.78, 5) is 51.8. The van der Waals surface area contributed by atoms with Gasteiger partial charge in [0.25, 0.3) is 0 Å². The highest BCUT2D eigenvalue weighted by Gasteiger charge is 2.13. The number of allylic oxidation sites excluding steroid dienone is 8. The Bertz CT molecular complexity index is 2860. The predicted molar refractivity (Wildman–Crippen MR) is 219 cm³/mol. The normalized spacial score (nSPS) is 19.6. The van der Waals surface area contributed by atoms with Crippen LogP contribution in [0, 0.1) is 0 Å². The topological polar surface area (TPSA) is 146 Å². The van der Waals surface area contributed by atoms with Crippen molar-refractivity contribution in [3.63, 3.8) is 0 Å². The number of hydrogen-bond donors (Lipinski definition) is 5. The second kappa shape index (κ2) is 14.3. The van der Waals surface area contributed by atoms with Gasteiger partial charge in [0.1, 0.15) is 0 Å². The van der Waals surface area contributed by atoms with Crippen LogP contribution < -0.4 is 16.0 Å². The maximum Gasteiger partial charge on any atom is 0.248 e. The van der Waals surface area contributed by atoms with Crippen LogP contribution in [0.5, 0.6) is 0 Å². The van der Waals surface area contributed by atoms with E-state index in [4.69, 9.17) is 15.0 Å². The number of amides is 1. The summed E-state index contributed by atoms with van der Waals surface area (Å²) in [5, 5.41) is 4.64. The number of aliphatic imine (C=N–C) groups is 3. The van der Waals surface area contributed by atoms with E-state index in [1.165, 1.54) is 6.08 Å². The van der Waals surface area contributed by atoms with Crippen LogP contribution in [0.25, 0.3) is 41.8 Å². The fourth-order valence-electron chi connectivity index (χ4n) is 6.38. The molecule has 0 atom stereocenters. The number of hydrogen-bond acceptors (Lipinski definition) is 5. The molecule has 8 heterocycles. The van der Waals surface area contributed by atoms with Crippen LogP contribution in [0.4, 0.5) is 0 Å². The number of ketones is 1. The first-order valence-electron chi connectivity index (χ1n) is 17.7. The third-order valence-electron chi connectivity index (χ3n) is 8.98. The van der Waals surface area contributed by atoms with E-state index in [2.05, 4.69) is 25.3 Å². The summed E-state index contributed by atoms with van der Waals surface area (Å²) in [6.45, 7) is 0. The summed E-state index contributed by atoms with van der Waals surface area (Å²) >= 11 is 0. The Balaban J connectivity index is 0.829. The van der Waals surface area contributed by atoms with Crippen molar-refractivity contribution >= 4 is 59.2 Å². The Hall–Kier alpha value is -7.85. The molecule has 0 aliphatic carbocycles. The van der Waals surface area contributed by atoms with Gasteiger partial charge >= 0.3 is 0 Å². The van der Waals surface area contributed by atoms with E-state index in [-0.39, 0.29) is 11.7 Å². The van der Waals surface area contributed by atoms with Crippen LogP contribution in [-0.4, -0.2) is 48.8 Å². The number of nitrogens with zero attached hydrogens (tertiary/aromatic N) is 3. The summed E-state index contributed by atoms with van der Waals surface area (Å²) in [6.07, 6.45) is 26.9. The summed E-state index contributed by atoms with van der Waals surface area (Å²) in [6, 6.07) is 24.9. The molecule has 9 rings (SSSR count). The molecule has 0 radical (unpaired) electrons. The van der Waals surface area contributed by atoms with Gasteiger partial charge in [0.05, 0.1) is 51.3 Å². The first-order chi connectivity index (χ1) is 26.9. The first kappa shape index (κ1) is 33.0. The molecule has 0 saturated heterocycles. The maximum absolute atomic E-state index is 12.8. The van der Waals surface area contributed by atoms with Crippen LogP contribution >= 0.6 is 0 Å². The molecule has 0 unspecified atom stereocenters. The lowest BCUT2D eigenvalue weighted by atomic mass is 10.1. The van der Waals surface area contributed by atoms with Crippen molar-refractivity contribution in [2.45, 2.75) is 0 Å². The molecule has 5 aromatic rings. The minimum Gasteiger partial charge on any atom is -0.355 e. The Morgan fingerprint density at radius 1 is 0.473 bits per heavy atom. The molecule has 0 bridgehead atoms. The number of H-pyrrole nitrogens is 4. The molecule has 10 heteroatoms. The zero-order valence-electron chi connectivity index (χ0n) is 29.2. The zero-order chi connectivity index (χ0) is 37.1. The van der Waals surface area contributed by atoms with Crippen molar-refractivity contribution in [1.82, 2.24) is 25.3 Å². The minimum atomic E-state index is -0.114. The average molecular weight is 717 g/mol. The van der Waals surface area contributed by atoms with Crippen molar-refractivity contribution in [3.05, 3.63) is 195 Å². The summed E-state index contributed by atoms with van der Waals surface area (Å²) in [7, 11) is 0. The van der Waals surface area contributed by atoms with E-state index < -0.39 is 0 Å². The van der Waals surface area contributed by atoms with E-state index in [0.29, 0.717) is 11.3 Å². The van der Waals surface area contributed by atoms with Gasteiger partial charge in [-0.15, -0.1) is 0 Å². The van der Waals surface area contributed by atoms with E-state index in [1.54, 1.807) is 6.08 Å². The lowest BCUT2D eigenvalue weighted by Crippen LogP contribution is -2.12. The molecule has 1 aromatic carbocycles. The van der Waals surface area contributed by atoms with Crippen LogP contribution in [-0.2, 0) is 4.79 Å². The highest BCUT2D eigenvalue weighted by Crippen LogP contribution is 2.22. The Kier molecular flexibility index (Phi) is 8.58. The lowest BCUT2D eigenvalue weighted by molar-refractivity contribution is -0.115. The fraction of sp³-hybridized carbons (Fsp3) is 0. The molecule has 0 saturated carbocycles. The van der Waals surface area contributed by atoms with Crippen LogP contribution in [0.15, 0.2) is 171 Å². The van der Waals surface area contributed by atoms with Gasteiger partial charge in [0.15, 0.2) is 0 Å². The summed E-state index contributed by atoms with van der Waals surface area (Å²) < 4.78 is 0. The Labute approximate surface area is 315 Å². The molecule has 0 spiro atoms. The highest BCUT2D eigenvalue weighted by atomic mass is 16.1. The molecule has 4 aliphatic heterocycles. The predicted octanol–water partition coefficient (Wildman–Crippen LogP) is 6.48. The van der Waals surface area contributed by atoms with Crippen molar-refractivity contribution in [3.8, 4) is 11.4 Å².